The van der Waals surface area contributed by atoms with Crippen molar-refractivity contribution in [2.24, 2.45) is 13.0 Å². The fourth-order valence-electron chi connectivity index (χ4n) is 3.55. The molecule has 0 unspecified atom stereocenters. The van der Waals surface area contributed by atoms with E-state index in [0.717, 1.165) is 60.7 Å². The molecular weight excluding hydrogens is 302 g/mol. The second-order valence-corrected chi connectivity index (χ2v) is 6.74. The lowest BCUT2D eigenvalue weighted by molar-refractivity contribution is -0.130. The van der Waals surface area contributed by atoms with Crippen molar-refractivity contribution in [3.05, 3.63) is 29.5 Å². The number of rotatable bonds is 3. The predicted molar refractivity (Wildman–Crippen MR) is 92.4 cm³/mol. The Bertz CT molecular complexity index is 735. The van der Waals surface area contributed by atoms with E-state index in [2.05, 4.69) is 15.1 Å². The van der Waals surface area contributed by atoms with Crippen molar-refractivity contribution in [1.82, 2.24) is 24.6 Å². The van der Waals surface area contributed by atoms with Gasteiger partial charge < -0.3 is 4.90 Å². The van der Waals surface area contributed by atoms with Crippen molar-refractivity contribution in [3.8, 4) is 11.3 Å². The zero-order chi connectivity index (χ0) is 17.3. The quantitative estimate of drug-likeness (QED) is 0.868. The van der Waals surface area contributed by atoms with Gasteiger partial charge in [-0.05, 0) is 39.0 Å². The molecule has 1 amide bonds. The lowest BCUT2D eigenvalue weighted by Gasteiger charge is -2.31. The number of carbonyl (C=O) groups is 1. The maximum Gasteiger partial charge on any atom is 0.219 e. The number of aryl methyl sites for hydroxylation is 2. The SMILES string of the molecule is CC(=O)N1CCC[C@@H](Cc2cnc(-c3c(C)nn(C)c3C)cn2)C1. The predicted octanol–water partition coefficient (Wildman–Crippen LogP) is 2.29. The van der Waals surface area contributed by atoms with Crippen LogP contribution in [-0.2, 0) is 18.3 Å². The minimum Gasteiger partial charge on any atom is -0.343 e. The number of piperidine rings is 1. The standard InChI is InChI=1S/C18H25N5O/c1-12-18(13(2)22(4)21-12)17-10-19-16(9-20-17)8-15-6-5-7-23(11-15)14(3)24/h9-10,15H,5-8,11H2,1-4H3/t15-/m0/s1. The van der Waals surface area contributed by atoms with Gasteiger partial charge in [0.25, 0.3) is 0 Å². The third-order valence-corrected chi connectivity index (χ3v) is 4.93. The van der Waals surface area contributed by atoms with Crippen LogP contribution in [0.2, 0.25) is 0 Å². The second-order valence-electron chi connectivity index (χ2n) is 6.74. The highest BCUT2D eigenvalue weighted by atomic mass is 16.2. The Labute approximate surface area is 142 Å². The number of hydrogen-bond acceptors (Lipinski definition) is 4. The number of aromatic nitrogens is 4. The summed E-state index contributed by atoms with van der Waals surface area (Å²) >= 11 is 0. The minimum atomic E-state index is 0.170. The van der Waals surface area contributed by atoms with Crippen LogP contribution in [0.5, 0.6) is 0 Å². The van der Waals surface area contributed by atoms with Crippen LogP contribution in [0.1, 0.15) is 36.8 Å². The molecule has 24 heavy (non-hydrogen) atoms. The van der Waals surface area contributed by atoms with E-state index >= 15 is 0 Å². The monoisotopic (exact) mass is 327 g/mol. The van der Waals surface area contributed by atoms with Crippen LogP contribution in [0.15, 0.2) is 12.4 Å². The van der Waals surface area contributed by atoms with Gasteiger partial charge >= 0.3 is 0 Å². The normalized spacial score (nSPS) is 18.0. The van der Waals surface area contributed by atoms with E-state index in [1.807, 2.05) is 42.9 Å². The molecule has 6 nitrogen and oxygen atoms in total. The lowest BCUT2D eigenvalue weighted by Crippen LogP contribution is -2.39. The average molecular weight is 327 g/mol. The topological polar surface area (TPSA) is 63.9 Å². The van der Waals surface area contributed by atoms with Crippen molar-refractivity contribution in [2.75, 3.05) is 13.1 Å². The molecule has 1 fully saturated rings. The molecule has 0 N–H and O–H groups in total. The Balaban J connectivity index is 1.72. The fraction of sp³-hybridized carbons (Fsp3) is 0.556. The van der Waals surface area contributed by atoms with Crippen LogP contribution >= 0.6 is 0 Å². The highest BCUT2D eigenvalue weighted by molar-refractivity contribution is 5.73. The Kier molecular flexibility index (Phi) is 4.64. The molecule has 1 aliphatic heterocycles. The van der Waals surface area contributed by atoms with Crippen LogP contribution in [0.3, 0.4) is 0 Å². The van der Waals surface area contributed by atoms with Crippen molar-refractivity contribution in [3.63, 3.8) is 0 Å². The first-order valence-electron chi connectivity index (χ1n) is 8.52. The van der Waals surface area contributed by atoms with E-state index in [1.54, 1.807) is 6.92 Å². The third kappa shape index (κ3) is 3.32. The van der Waals surface area contributed by atoms with Crippen molar-refractivity contribution < 1.29 is 4.79 Å². The third-order valence-electron chi connectivity index (χ3n) is 4.93. The molecule has 0 saturated carbocycles. The molecule has 0 aliphatic carbocycles. The van der Waals surface area contributed by atoms with E-state index in [1.165, 1.54) is 0 Å². The molecule has 1 atom stereocenters. The van der Waals surface area contributed by atoms with Gasteiger partial charge in [0.15, 0.2) is 0 Å². The van der Waals surface area contributed by atoms with Gasteiger partial charge in [0.05, 0.1) is 23.3 Å². The highest BCUT2D eigenvalue weighted by Gasteiger charge is 2.22. The molecule has 0 spiro atoms. The Morgan fingerprint density at radius 2 is 2.08 bits per heavy atom. The van der Waals surface area contributed by atoms with Crippen LogP contribution in [0.4, 0.5) is 0 Å². The van der Waals surface area contributed by atoms with E-state index in [4.69, 9.17) is 0 Å². The van der Waals surface area contributed by atoms with Crippen molar-refractivity contribution >= 4 is 5.91 Å². The molecule has 3 heterocycles. The van der Waals surface area contributed by atoms with Gasteiger partial charge in [-0.2, -0.15) is 5.10 Å². The number of amides is 1. The molecule has 1 saturated heterocycles. The Hall–Kier alpha value is -2.24. The summed E-state index contributed by atoms with van der Waals surface area (Å²) in [5.41, 5.74) is 5.00. The number of likely N-dealkylation sites (tertiary alicyclic amines) is 1. The summed E-state index contributed by atoms with van der Waals surface area (Å²) in [5, 5.41) is 4.44. The molecule has 2 aromatic rings. The summed E-state index contributed by atoms with van der Waals surface area (Å²) in [6.07, 6.45) is 6.81. The van der Waals surface area contributed by atoms with Gasteiger partial charge in [-0.25, -0.2) is 0 Å². The minimum absolute atomic E-state index is 0.170. The van der Waals surface area contributed by atoms with Gasteiger partial charge in [-0.3, -0.25) is 19.4 Å². The summed E-state index contributed by atoms with van der Waals surface area (Å²) < 4.78 is 1.87. The maximum atomic E-state index is 11.6. The molecule has 6 heteroatoms. The number of carbonyl (C=O) groups excluding carboxylic acids is 1. The van der Waals surface area contributed by atoms with Crippen LogP contribution in [0, 0.1) is 19.8 Å². The molecule has 128 valence electrons. The number of hydrogen-bond donors (Lipinski definition) is 0. The van der Waals surface area contributed by atoms with E-state index in [-0.39, 0.29) is 5.91 Å². The molecular formula is C18H25N5O. The van der Waals surface area contributed by atoms with Crippen LogP contribution < -0.4 is 0 Å². The van der Waals surface area contributed by atoms with Gasteiger partial charge in [0.2, 0.25) is 5.91 Å². The van der Waals surface area contributed by atoms with E-state index < -0.39 is 0 Å². The first-order chi connectivity index (χ1) is 11.5. The van der Waals surface area contributed by atoms with E-state index in [9.17, 15) is 4.79 Å². The van der Waals surface area contributed by atoms with E-state index in [0.29, 0.717) is 5.92 Å². The first-order valence-corrected chi connectivity index (χ1v) is 8.52. The molecule has 0 aromatic carbocycles. The highest BCUT2D eigenvalue weighted by Crippen LogP contribution is 2.25. The van der Waals surface area contributed by atoms with Gasteiger partial charge in [0.1, 0.15) is 0 Å². The van der Waals surface area contributed by atoms with Crippen molar-refractivity contribution in [1.29, 1.82) is 0 Å². The molecule has 2 aromatic heterocycles. The summed E-state index contributed by atoms with van der Waals surface area (Å²) in [6.45, 7) is 7.41. The fourth-order valence-corrected chi connectivity index (χ4v) is 3.55. The summed E-state index contributed by atoms with van der Waals surface area (Å²) in [5.74, 6) is 0.647. The van der Waals surface area contributed by atoms with Crippen molar-refractivity contribution in [2.45, 2.75) is 40.0 Å². The zero-order valence-corrected chi connectivity index (χ0v) is 14.9. The maximum absolute atomic E-state index is 11.6. The second kappa shape index (κ2) is 6.71. The van der Waals surface area contributed by atoms with Gasteiger partial charge in [-0.15, -0.1) is 0 Å². The smallest absolute Gasteiger partial charge is 0.219 e. The largest absolute Gasteiger partial charge is 0.343 e. The Morgan fingerprint density at radius 3 is 2.67 bits per heavy atom. The molecule has 3 rings (SSSR count). The van der Waals surface area contributed by atoms with Crippen LogP contribution in [-0.4, -0.2) is 43.6 Å². The average Bonchev–Trinajstić information content (AvgIpc) is 2.81. The summed E-state index contributed by atoms with van der Waals surface area (Å²) in [7, 11) is 1.94. The first kappa shape index (κ1) is 16.6. The number of nitrogens with zero attached hydrogens (tertiary/aromatic N) is 5. The molecule has 0 bridgehead atoms. The van der Waals surface area contributed by atoms with Crippen LogP contribution in [0.25, 0.3) is 11.3 Å². The van der Waals surface area contributed by atoms with Gasteiger partial charge in [-0.1, -0.05) is 0 Å². The lowest BCUT2D eigenvalue weighted by atomic mass is 9.93. The zero-order valence-electron chi connectivity index (χ0n) is 14.9. The Morgan fingerprint density at radius 1 is 1.29 bits per heavy atom. The summed E-state index contributed by atoms with van der Waals surface area (Å²) in [6, 6.07) is 0. The molecule has 0 radical (unpaired) electrons. The van der Waals surface area contributed by atoms with Gasteiger partial charge in [0, 0.05) is 44.5 Å². The molecule has 1 aliphatic rings. The summed E-state index contributed by atoms with van der Waals surface area (Å²) in [4.78, 5) is 22.7.